The lowest BCUT2D eigenvalue weighted by Gasteiger charge is -2.32. The van der Waals surface area contributed by atoms with Crippen molar-refractivity contribution in [1.82, 2.24) is 5.32 Å². The maximum Gasteiger partial charge on any atom is 0.173 e. The molecule has 0 spiro atoms. The summed E-state index contributed by atoms with van der Waals surface area (Å²) in [4.78, 5) is 0. The number of benzene rings is 2. The van der Waals surface area contributed by atoms with E-state index >= 15 is 0 Å². The lowest BCUT2D eigenvalue weighted by Crippen LogP contribution is -2.40. The van der Waals surface area contributed by atoms with E-state index in [-0.39, 0.29) is 17.7 Å². The van der Waals surface area contributed by atoms with Crippen LogP contribution in [-0.2, 0) is 4.43 Å². The van der Waals surface area contributed by atoms with Gasteiger partial charge in [-0.05, 0) is 36.1 Å². The zero-order chi connectivity index (χ0) is 17.6. The van der Waals surface area contributed by atoms with Gasteiger partial charge in [-0.1, -0.05) is 81.4 Å². The predicted molar refractivity (Wildman–Crippen MR) is 106 cm³/mol. The molecule has 0 aliphatic heterocycles. The molecule has 3 heteroatoms. The highest BCUT2D eigenvalue weighted by Gasteiger charge is 2.24. The van der Waals surface area contributed by atoms with Gasteiger partial charge in [-0.25, -0.2) is 0 Å². The van der Waals surface area contributed by atoms with Gasteiger partial charge in [0, 0.05) is 0 Å². The molecule has 0 saturated carbocycles. The molecule has 24 heavy (non-hydrogen) atoms. The minimum atomic E-state index is -1.13. The van der Waals surface area contributed by atoms with Crippen molar-refractivity contribution in [3.63, 3.8) is 0 Å². The summed E-state index contributed by atoms with van der Waals surface area (Å²) in [6.45, 7) is 11.3. The Balaban J connectivity index is 2.28. The SMILES string of the molecule is C[SiH](C)OC(CC(C)(C)C)NC(c1ccccc1)c1ccccc1. The van der Waals surface area contributed by atoms with Gasteiger partial charge in [-0.2, -0.15) is 0 Å². The van der Waals surface area contributed by atoms with E-state index < -0.39 is 9.04 Å². The maximum absolute atomic E-state index is 6.33. The summed E-state index contributed by atoms with van der Waals surface area (Å²) in [5.74, 6) is 0. The van der Waals surface area contributed by atoms with Crippen LogP contribution in [0.5, 0.6) is 0 Å². The van der Waals surface area contributed by atoms with E-state index in [1.807, 2.05) is 0 Å². The topological polar surface area (TPSA) is 21.3 Å². The smallest absolute Gasteiger partial charge is 0.173 e. The largest absolute Gasteiger partial charge is 0.405 e. The van der Waals surface area contributed by atoms with E-state index in [4.69, 9.17) is 4.43 Å². The minimum absolute atomic E-state index is 0.0714. The lowest BCUT2D eigenvalue weighted by atomic mass is 9.90. The molecule has 0 radical (unpaired) electrons. The highest BCUT2D eigenvalue weighted by molar-refractivity contribution is 6.48. The quantitative estimate of drug-likeness (QED) is 0.557. The fraction of sp³-hybridized carbons (Fsp3) is 0.429. The Labute approximate surface area is 149 Å². The molecular formula is C21H31NOSi. The molecule has 0 bridgehead atoms. The summed E-state index contributed by atoms with van der Waals surface area (Å²) in [5.41, 5.74) is 2.77. The van der Waals surface area contributed by atoms with Gasteiger partial charge < -0.3 is 4.43 Å². The molecule has 0 amide bonds. The van der Waals surface area contributed by atoms with Crippen molar-refractivity contribution in [3.05, 3.63) is 71.8 Å². The lowest BCUT2D eigenvalue weighted by molar-refractivity contribution is 0.105. The van der Waals surface area contributed by atoms with Crippen LogP contribution in [0.2, 0.25) is 13.1 Å². The summed E-state index contributed by atoms with van der Waals surface area (Å²) >= 11 is 0. The zero-order valence-corrected chi connectivity index (χ0v) is 16.8. The van der Waals surface area contributed by atoms with Gasteiger partial charge in [-0.3, -0.25) is 5.32 Å². The van der Waals surface area contributed by atoms with E-state index in [1.165, 1.54) is 11.1 Å². The van der Waals surface area contributed by atoms with Crippen molar-refractivity contribution in [3.8, 4) is 0 Å². The van der Waals surface area contributed by atoms with E-state index in [9.17, 15) is 0 Å². The highest BCUT2D eigenvalue weighted by Crippen LogP contribution is 2.27. The number of rotatable bonds is 7. The van der Waals surface area contributed by atoms with Crippen LogP contribution in [0.4, 0.5) is 0 Å². The monoisotopic (exact) mass is 341 g/mol. The first-order valence-corrected chi connectivity index (χ1v) is 11.6. The van der Waals surface area contributed by atoms with Crippen LogP contribution >= 0.6 is 0 Å². The summed E-state index contributed by atoms with van der Waals surface area (Å²) in [6, 6.07) is 21.4. The molecule has 2 nitrogen and oxygen atoms in total. The highest BCUT2D eigenvalue weighted by atomic mass is 28.3. The molecule has 0 heterocycles. The first-order chi connectivity index (χ1) is 11.3. The summed E-state index contributed by atoms with van der Waals surface area (Å²) in [6.07, 6.45) is 1.07. The third kappa shape index (κ3) is 6.23. The molecule has 2 rings (SSSR count). The molecule has 1 atom stereocenters. The Morgan fingerprint density at radius 2 is 1.33 bits per heavy atom. The zero-order valence-electron chi connectivity index (χ0n) is 15.6. The van der Waals surface area contributed by atoms with Crippen LogP contribution in [0.3, 0.4) is 0 Å². The normalized spacial score (nSPS) is 13.5. The third-order valence-corrected chi connectivity index (χ3v) is 4.73. The van der Waals surface area contributed by atoms with Gasteiger partial charge in [0.05, 0.1) is 12.3 Å². The molecule has 0 aliphatic rings. The van der Waals surface area contributed by atoms with Crippen LogP contribution in [0.1, 0.15) is 44.4 Å². The van der Waals surface area contributed by atoms with Crippen molar-refractivity contribution >= 4 is 9.04 Å². The fourth-order valence-corrected chi connectivity index (χ4v) is 3.72. The number of hydrogen-bond donors (Lipinski definition) is 1. The Morgan fingerprint density at radius 1 is 0.875 bits per heavy atom. The molecule has 0 fully saturated rings. The second-order valence-electron chi connectivity index (χ2n) is 7.86. The number of hydrogen-bond acceptors (Lipinski definition) is 2. The van der Waals surface area contributed by atoms with Gasteiger partial charge >= 0.3 is 0 Å². The third-order valence-electron chi connectivity index (χ3n) is 3.85. The fourth-order valence-electron chi connectivity index (χ4n) is 2.89. The Hall–Kier alpha value is -1.42. The standard InChI is InChI=1S/C21H31NOSi/c1-21(2,3)16-19(23-24(4)5)22-20(17-12-8-6-9-13-17)18-14-10-7-11-15-18/h6-15,19-20,22,24H,16H2,1-5H3. The van der Waals surface area contributed by atoms with Crippen molar-refractivity contribution in [2.24, 2.45) is 5.41 Å². The summed E-state index contributed by atoms with van der Waals surface area (Å²) in [5, 5.41) is 3.79. The Kier molecular flexibility index (Phi) is 6.78. The average Bonchev–Trinajstić information content (AvgIpc) is 2.52. The first kappa shape index (κ1) is 18.9. The Morgan fingerprint density at radius 3 is 1.71 bits per heavy atom. The van der Waals surface area contributed by atoms with Crippen LogP contribution in [0.15, 0.2) is 60.7 Å². The van der Waals surface area contributed by atoms with Crippen molar-refractivity contribution in [2.75, 3.05) is 0 Å². The molecule has 1 N–H and O–H groups in total. The summed E-state index contributed by atoms with van der Waals surface area (Å²) in [7, 11) is -1.13. The maximum atomic E-state index is 6.33. The van der Waals surface area contributed by atoms with Crippen LogP contribution in [0, 0.1) is 5.41 Å². The summed E-state index contributed by atoms with van der Waals surface area (Å²) < 4.78 is 6.33. The van der Waals surface area contributed by atoms with Crippen LogP contribution in [0.25, 0.3) is 0 Å². The van der Waals surface area contributed by atoms with Crippen LogP contribution < -0.4 is 5.32 Å². The van der Waals surface area contributed by atoms with E-state index in [0.29, 0.717) is 0 Å². The van der Waals surface area contributed by atoms with Gasteiger partial charge in [0.1, 0.15) is 0 Å². The van der Waals surface area contributed by atoms with Gasteiger partial charge in [0.25, 0.3) is 0 Å². The van der Waals surface area contributed by atoms with E-state index in [0.717, 1.165) is 6.42 Å². The molecule has 0 aliphatic carbocycles. The molecular weight excluding hydrogens is 310 g/mol. The second kappa shape index (κ2) is 8.61. The van der Waals surface area contributed by atoms with Gasteiger partial charge in [0.15, 0.2) is 9.04 Å². The molecule has 2 aromatic carbocycles. The molecule has 2 aromatic rings. The van der Waals surface area contributed by atoms with Crippen molar-refractivity contribution in [1.29, 1.82) is 0 Å². The number of nitrogens with one attached hydrogen (secondary N) is 1. The predicted octanol–water partition coefficient (Wildman–Crippen LogP) is 5.13. The molecule has 0 saturated heterocycles. The van der Waals surface area contributed by atoms with Crippen LogP contribution in [-0.4, -0.2) is 15.3 Å². The Bertz CT molecular complexity index is 553. The van der Waals surface area contributed by atoms with Crippen molar-refractivity contribution in [2.45, 2.75) is 52.6 Å². The first-order valence-electron chi connectivity index (χ1n) is 8.86. The molecule has 1 unspecified atom stereocenters. The van der Waals surface area contributed by atoms with Gasteiger partial charge in [-0.15, -0.1) is 0 Å². The molecule has 130 valence electrons. The van der Waals surface area contributed by atoms with Gasteiger partial charge in [0.2, 0.25) is 0 Å². The second-order valence-corrected chi connectivity index (χ2v) is 10.2. The van der Waals surface area contributed by atoms with E-state index in [1.54, 1.807) is 0 Å². The van der Waals surface area contributed by atoms with Crippen molar-refractivity contribution < 1.29 is 4.43 Å². The molecule has 0 aromatic heterocycles. The average molecular weight is 342 g/mol. The van der Waals surface area contributed by atoms with E-state index in [2.05, 4.69) is 99.8 Å². The minimum Gasteiger partial charge on any atom is -0.405 e.